The van der Waals surface area contributed by atoms with E-state index in [1.165, 1.54) is 11.7 Å². The van der Waals surface area contributed by atoms with Crippen LogP contribution in [-0.2, 0) is 24.7 Å². The molecule has 1 fully saturated rings. The summed E-state index contributed by atoms with van der Waals surface area (Å²) < 4.78 is 40.9. The van der Waals surface area contributed by atoms with Crippen LogP contribution in [0.4, 0.5) is 18.9 Å². The number of nitrogens with one attached hydrogen (secondary N) is 1. The summed E-state index contributed by atoms with van der Waals surface area (Å²) in [7, 11) is 1.26. The number of rotatable bonds is 4. The van der Waals surface area contributed by atoms with Crippen LogP contribution in [0.15, 0.2) is 30.3 Å². The Bertz CT molecular complexity index is 854. The van der Waals surface area contributed by atoms with Crippen molar-refractivity contribution in [1.82, 2.24) is 19.2 Å². The third-order valence-electron chi connectivity index (χ3n) is 4.63. The van der Waals surface area contributed by atoms with Crippen LogP contribution in [0.2, 0.25) is 0 Å². The quantitative estimate of drug-likeness (QED) is 0.802. The maximum Gasteiger partial charge on any atom is 0.451 e. The van der Waals surface area contributed by atoms with E-state index in [4.69, 9.17) is 12.2 Å². The number of amides is 1. The molecule has 3 rings (SSSR count). The monoisotopic (exact) mass is 399 g/mol. The predicted molar refractivity (Wildman–Crippen MR) is 96.4 cm³/mol. The fourth-order valence-corrected chi connectivity index (χ4v) is 3.30. The molecule has 0 atom stereocenters. The number of hydrogen-bond acceptors (Lipinski definition) is 4. The number of carbonyl (C=O) groups is 1. The maximum absolute atomic E-state index is 12.9. The lowest BCUT2D eigenvalue weighted by molar-refractivity contribution is -0.147. The SMILES string of the molecule is Cn1c(C(F)(F)F)nn(CN2CCC(C(=O)Nc3ccccc3)CC2)c1=S. The van der Waals surface area contributed by atoms with Gasteiger partial charge in [0.05, 0.1) is 6.67 Å². The molecule has 1 aromatic carbocycles. The van der Waals surface area contributed by atoms with Gasteiger partial charge in [0.15, 0.2) is 4.77 Å². The van der Waals surface area contributed by atoms with E-state index in [0.29, 0.717) is 25.9 Å². The minimum atomic E-state index is -4.55. The van der Waals surface area contributed by atoms with Crippen molar-refractivity contribution in [2.45, 2.75) is 25.7 Å². The second-order valence-electron chi connectivity index (χ2n) is 6.55. The third kappa shape index (κ3) is 4.56. The third-order valence-corrected chi connectivity index (χ3v) is 5.11. The lowest BCUT2D eigenvalue weighted by Gasteiger charge is -2.30. The zero-order valence-corrected chi connectivity index (χ0v) is 15.6. The van der Waals surface area contributed by atoms with E-state index >= 15 is 0 Å². The standard InChI is InChI=1S/C17H20F3N5OS/c1-23-15(17(18,19)20)22-25(16(23)27)11-24-9-7-12(8-10-24)14(26)21-13-5-3-2-4-6-13/h2-6,12H,7-11H2,1H3,(H,21,26). The van der Waals surface area contributed by atoms with Crippen molar-refractivity contribution in [3.8, 4) is 0 Å². The Balaban J connectivity index is 1.57. The van der Waals surface area contributed by atoms with Gasteiger partial charge in [0, 0.05) is 31.7 Å². The molecule has 0 saturated carbocycles. The summed E-state index contributed by atoms with van der Waals surface area (Å²) in [6.45, 7) is 1.36. The molecule has 2 aromatic rings. The lowest BCUT2D eigenvalue weighted by atomic mass is 9.96. The molecule has 27 heavy (non-hydrogen) atoms. The van der Waals surface area contributed by atoms with Crippen LogP contribution >= 0.6 is 12.2 Å². The molecular weight excluding hydrogens is 379 g/mol. The number of anilines is 1. The highest BCUT2D eigenvalue weighted by Gasteiger charge is 2.37. The zero-order valence-electron chi connectivity index (χ0n) is 14.7. The maximum atomic E-state index is 12.9. The van der Waals surface area contributed by atoms with Crippen molar-refractivity contribution in [3.05, 3.63) is 40.9 Å². The summed E-state index contributed by atoms with van der Waals surface area (Å²) in [5.41, 5.74) is 0.754. The Labute approximate surface area is 159 Å². The fraction of sp³-hybridized carbons (Fsp3) is 0.471. The molecule has 2 heterocycles. The number of likely N-dealkylation sites (tertiary alicyclic amines) is 1. The Kier molecular flexibility index (Phi) is 5.66. The van der Waals surface area contributed by atoms with E-state index in [1.54, 1.807) is 0 Å². The highest BCUT2D eigenvalue weighted by Crippen LogP contribution is 2.27. The molecule has 0 radical (unpaired) electrons. The second-order valence-corrected chi connectivity index (χ2v) is 6.92. The van der Waals surface area contributed by atoms with Gasteiger partial charge in [-0.2, -0.15) is 13.2 Å². The summed E-state index contributed by atoms with van der Waals surface area (Å²) in [6.07, 6.45) is -3.29. The summed E-state index contributed by atoms with van der Waals surface area (Å²) in [5, 5.41) is 6.51. The minimum Gasteiger partial charge on any atom is -0.326 e. The topological polar surface area (TPSA) is 55.1 Å². The Morgan fingerprint density at radius 3 is 2.44 bits per heavy atom. The largest absolute Gasteiger partial charge is 0.451 e. The number of aromatic nitrogens is 3. The number of alkyl halides is 3. The summed E-state index contributed by atoms with van der Waals surface area (Å²) in [4.78, 5) is 14.3. The number of para-hydroxylation sites is 1. The zero-order chi connectivity index (χ0) is 19.6. The molecule has 1 amide bonds. The van der Waals surface area contributed by atoms with Gasteiger partial charge in [-0.05, 0) is 37.2 Å². The van der Waals surface area contributed by atoms with Crippen molar-refractivity contribution in [2.24, 2.45) is 13.0 Å². The molecule has 0 aliphatic carbocycles. The first-order valence-electron chi connectivity index (χ1n) is 8.55. The van der Waals surface area contributed by atoms with Gasteiger partial charge >= 0.3 is 6.18 Å². The fourth-order valence-electron chi connectivity index (χ4n) is 3.12. The molecule has 1 saturated heterocycles. The van der Waals surface area contributed by atoms with Gasteiger partial charge in [0.2, 0.25) is 11.7 Å². The first kappa shape index (κ1) is 19.6. The van der Waals surface area contributed by atoms with Gasteiger partial charge in [-0.1, -0.05) is 18.2 Å². The highest BCUT2D eigenvalue weighted by molar-refractivity contribution is 7.71. The minimum absolute atomic E-state index is 0.0197. The summed E-state index contributed by atoms with van der Waals surface area (Å²) in [6, 6.07) is 9.23. The summed E-state index contributed by atoms with van der Waals surface area (Å²) in [5.74, 6) is -1.16. The molecule has 0 spiro atoms. The Morgan fingerprint density at radius 1 is 1.26 bits per heavy atom. The van der Waals surface area contributed by atoms with Crippen LogP contribution in [0.1, 0.15) is 18.7 Å². The van der Waals surface area contributed by atoms with E-state index in [1.807, 2.05) is 35.2 Å². The van der Waals surface area contributed by atoms with Gasteiger partial charge in [0.1, 0.15) is 0 Å². The van der Waals surface area contributed by atoms with Crippen LogP contribution in [0, 0.1) is 10.7 Å². The van der Waals surface area contributed by atoms with Crippen molar-refractivity contribution in [1.29, 1.82) is 0 Å². The van der Waals surface area contributed by atoms with Crippen LogP contribution in [0.3, 0.4) is 0 Å². The predicted octanol–water partition coefficient (Wildman–Crippen LogP) is 3.28. The van der Waals surface area contributed by atoms with Crippen molar-refractivity contribution < 1.29 is 18.0 Å². The van der Waals surface area contributed by atoms with E-state index < -0.39 is 12.0 Å². The second kappa shape index (κ2) is 7.81. The normalized spacial score (nSPS) is 16.4. The van der Waals surface area contributed by atoms with Gasteiger partial charge in [-0.3, -0.25) is 14.3 Å². The van der Waals surface area contributed by atoms with Crippen LogP contribution in [-0.4, -0.2) is 38.2 Å². The molecule has 0 bridgehead atoms. The van der Waals surface area contributed by atoms with Gasteiger partial charge in [0.25, 0.3) is 0 Å². The molecule has 1 aliphatic heterocycles. The van der Waals surface area contributed by atoms with E-state index in [2.05, 4.69) is 10.4 Å². The van der Waals surface area contributed by atoms with Crippen LogP contribution in [0.25, 0.3) is 0 Å². The number of piperidine rings is 1. The molecule has 6 nitrogen and oxygen atoms in total. The van der Waals surface area contributed by atoms with Gasteiger partial charge in [-0.25, -0.2) is 4.68 Å². The number of hydrogen-bond donors (Lipinski definition) is 1. The Hall–Kier alpha value is -2.20. The average Bonchev–Trinajstić information content (AvgIpc) is 2.92. The smallest absolute Gasteiger partial charge is 0.326 e. The first-order valence-corrected chi connectivity index (χ1v) is 8.96. The number of benzene rings is 1. The Morgan fingerprint density at radius 2 is 1.89 bits per heavy atom. The number of halogens is 3. The van der Waals surface area contributed by atoms with Gasteiger partial charge < -0.3 is 5.32 Å². The van der Waals surface area contributed by atoms with Crippen molar-refractivity contribution >= 4 is 23.8 Å². The molecular formula is C17H20F3N5OS. The van der Waals surface area contributed by atoms with Crippen molar-refractivity contribution in [3.63, 3.8) is 0 Å². The molecule has 146 valence electrons. The van der Waals surface area contributed by atoms with Crippen LogP contribution < -0.4 is 5.32 Å². The van der Waals surface area contributed by atoms with E-state index in [0.717, 1.165) is 10.3 Å². The lowest BCUT2D eigenvalue weighted by Crippen LogP contribution is -2.39. The van der Waals surface area contributed by atoms with E-state index in [-0.39, 0.29) is 23.3 Å². The summed E-state index contributed by atoms with van der Waals surface area (Å²) >= 11 is 5.06. The van der Waals surface area contributed by atoms with Crippen molar-refractivity contribution in [2.75, 3.05) is 18.4 Å². The first-order chi connectivity index (χ1) is 12.8. The molecule has 1 N–H and O–H groups in total. The number of nitrogens with zero attached hydrogens (tertiary/aromatic N) is 4. The average molecular weight is 399 g/mol. The molecule has 10 heteroatoms. The number of carbonyl (C=O) groups excluding carboxylic acids is 1. The van der Waals surface area contributed by atoms with Crippen LogP contribution in [0.5, 0.6) is 0 Å². The molecule has 1 aromatic heterocycles. The highest BCUT2D eigenvalue weighted by atomic mass is 32.1. The molecule has 0 unspecified atom stereocenters. The van der Waals surface area contributed by atoms with E-state index in [9.17, 15) is 18.0 Å². The molecule has 1 aliphatic rings. The van der Waals surface area contributed by atoms with Gasteiger partial charge in [-0.15, -0.1) is 5.10 Å².